The van der Waals surface area contributed by atoms with Crippen LogP contribution >= 0.6 is 0 Å². The number of carbonyl (C=O) groups excluding carboxylic acids is 1. The van der Waals surface area contributed by atoms with E-state index in [1.807, 2.05) is 37.3 Å². The first kappa shape index (κ1) is 17.0. The van der Waals surface area contributed by atoms with Crippen molar-refractivity contribution in [2.45, 2.75) is 46.0 Å². The largest absolute Gasteiger partial charge is 0.462 e. The van der Waals surface area contributed by atoms with Crippen LogP contribution < -0.4 is 0 Å². The highest BCUT2D eigenvalue weighted by Gasteiger charge is 2.10. The first-order valence-electron chi connectivity index (χ1n) is 7.59. The SMILES string of the molecule is CCCCOC(=O)/C(C#N)=C\c1ccc(CCCC)cc1. The molecule has 1 aromatic carbocycles. The van der Waals surface area contributed by atoms with Gasteiger partial charge in [-0.05, 0) is 36.5 Å². The highest BCUT2D eigenvalue weighted by atomic mass is 16.5. The van der Waals surface area contributed by atoms with Crippen molar-refractivity contribution >= 4 is 12.0 Å². The van der Waals surface area contributed by atoms with E-state index in [4.69, 9.17) is 10.00 Å². The van der Waals surface area contributed by atoms with Gasteiger partial charge in [-0.3, -0.25) is 0 Å². The van der Waals surface area contributed by atoms with Gasteiger partial charge in [-0.1, -0.05) is 51.0 Å². The second kappa shape index (κ2) is 9.77. The molecule has 0 atom stereocenters. The predicted molar refractivity (Wildman–Crippen MR) is 84.5 cm³/mol. The molecule has 0 amide bonds. The molecule has 0 aliphatic heterocycles. The van der Waals surface area contributed by atoms with Crippen LogP contribution in [0.4, 0.5) is 0 Å². The second-order valence-electron chi connectivity index (χ2n) is 5.00. The quantitative estimate of drug-likeness (QED) is 0.310. The molecule has 0 saturated heterocycles. The van der Waals surface area contributed by atoms with Crippen molar-refractivity contribution in [3.05, 3.63) is 41.0 Å². The van der Waals surface area contributed by atoms with Crippen molar-refractivity contribution in [3.63, 3.8) is 0 Å². The van der Waals surface area contributed by atoms with Crippen LogP contribution in [0, 0.1) is 11.3 Å². The van der Waals surface area contributed by atoms with E-state index in [-0.39, 0.29) is 5.57 Å². The third-order valence-corrected chi connectivity index (χ3v) is 3.18. The number of hydrogen-bond donors (Lipinski definition) is 0. The van der Waals surface area contributed by atoms with E-state index in [1.165, 1.54) is 18.4 Å². The van der Waals surface area contributed by atoms with Crippen LogP contribution in [0.2, 0.25) is 0 Å². The van der Waals surface area contributed by atoms with Crippen molar-refractivity contribution in [3.8, 4) is 6.07 Å². The number of ether oxygens (including phenoxy) is 1. The van der Waals surface area contributed by atoms with Crippen molar-refractivity contribution in [2.75, 3.05) is 6.61 Å². The van der Waals surface area contributed by atoms with Crippen LogP contribution in [0.15, 0.2) is 29.8 Å². The summed E-state index contributed by atoms with van der Waals surface area (Å²) in [7, 11) is 0. The normalized spacial score (nSPS) is 11.0. The molecule has 0 bridgehead atoms. The average molecular weight is 285 g/mol. The van der Waals surface area contributed by atoms with Gasteiger partial charge in [0.1, 0.15) is 11.6 Å². The van der Waals surface area contributed by atoms with Gasteiger partial charge in [-0.2, -0.15) is 5.26 Å². The summed E-state index contributed by atoms with van der Waals surface area (Å²) >= 11 is 0. The van der Waals surface area contributed by atoms with Gasteiger partial charge in [-0.15, -0.1) is 0 Å². The summed E-state index contributed by atoms with van der Waals surface area (Å²) in [5.41, 5.74) is 2.17. The molecule has 0 aliphatic rings. The maximum Gasteiger partial charge on any atom is 0.348 e. The number of hydrogen-bond acceptors (Lipinski definition) is 3. The summed E-state index contributed by atoms with van der Waals surface area (Å²) in [5.74, 6) is -0.541. The fourth-order valence-corrected chi connectivity index (χ4v) is 1.85. The predicted octanol–water partition coefficient (Wildman–Crippen LogP) is 4.28. The lowest BCUT2D eigenvalue weighted by molar-refractivity contribution is -0.138. The van der Waals surface area contributed by atoms with Crippen LogP contribution in [-0.2, 0) is 16.0 Å². The molecule has 3 heteroatoms. The Kier molecular flexibility index (Phi) is 7.89. The molecule has 0 spiro atoms. The molecule has 0 fully saturated rings. The Morgan fingerprint density at radius 2 is 1.86 bits per heavy atom. The van der Waals surface area contributed by atoms with Gasteiger partial charge in [0.2, 0.25) is 0 Å². The Morgan fingerprint density at radius 1 is 1.19 bits per heavy atom. The molecule has 0 aromatic heterocycles. The minimum Gasteiger partial charge on any atom is -0.462 e. The van der Waals surface area contributed by atoms with E-state index in [0.29, 0.717) is 6.61 Å². The molecule has 0 unspecified atom stereocenters. The number of nitriles is 1. The summed E-state index contributed by atoms with van der Waals surface area (Å²) in [6.07, 6.45) is 6.75. The van der Waals surface area contributed by atoms with E-state index in [1.54, 1.807) is 6.08 Å². The molecule has 0 aliphatic carbocycles. The van der Waals surface area contributed by atoms with Gasteiger partial charge in [-0.25, -0.2) is 4.79 Å². The van der Waals surface area contributed by atoms with Gasteiger partial charge < -0.3 is 4.74 Å². The highest BCUT2D eigenvalue weighted by Crippen LogP contribution is 2.12. The molecular weight excluding hydrogens is 262 g/mol. The lowest BCUT2D eigenvalue weighted by Crippen LogP contribution is -2.07. The third kappa shape index (κ3) is 6.27. The van der Waals surface area contributed by atoms with Crippen molar-refractivity contribution < 1.29 is 9.53 Å². The van der Waals surface area contributed by atoms with Gasteiger partial charge in [0.25, 0.3) is 0 Å². The minimum absolute atomic E-state index is 0.0485. The van der Waals surface area contributed by atoms with E-state index in [2.05, 4.69) is 6.92 Å². The number of carbonyl (C=O) groups is 1. The molecule has 0 heterocycles. The first-order chi connectivity index (χ1) is 10.2. The molecule has 1 rings (SSSR count). The molecule has 21 heavy (non-hydrogen) atoms. The number of benzene rings is 1. The Labute approximate surface area is 127 Å². The van der Waals surface area contributed by atoms with Crippen LogP contribution in [0.5, 0.6) is 0 Å². The van der Waals surface area contributed by atoms with E-state index < -0.39 is 5.97 Å². The van der Waals surface area contributed by atoms with Crippen LogP contribution in [0.25, 0.3) is 6.08 Å². The third-order valence-electron chi connectivity index (χ3n) is 3.18. The molecule has 3 nitrogen and oxygen atoms in total. The fourth-order valence-electron chi connectivity index (χ4n) is 1.85. The number of esters is 1. The summed E-state index contributed by atoms with van der Waals surface area (Å²) in [6.45, 7) is 4.56. The molecular formula is C18H23NO2. The summed E-state index contributed by atoms with van der Waals surface area (Å²) < 4.78 is 5.05. The number of aryl methyl sites for hydroxylation is 1. The zero-order valence-corrected chi connectivity index (χ0v) is 12.9. The van der Waals surface area contributed by atoms with Gasteiger partial charge in [0.05, 0.1) is 6.61 Å². The maximum absolute atomic E-state index is 11.7. The highest BCUT2D eigenvalue weighted by molar-refractivity contribution is 5.97. The fraction of sp³-hybridized carbons (Fsp3) is 0.444. The van der Waals surface area contributed by atoms with Crippen molar-refractivity contribution in [1.82, 2.24) is 0 Å². The molecule has 1 aromatic rings. The monoisotopic (exact) mass is 285 g/mol. The van der Waals surface area contributed by atoms with Crippen LogP contribution in [0.3, 0.4) is 0 Å². The van der Waals surface area contributed by atoms with Crippen molar-refractivity contribution in [2.24, 2.45) is 0 Å². The summed E-state index contributed by atoms with van der Waals surface area (Å²) in [5, 5.41) is 9.07. The van der Waals surface area contributed by atoms with Crippen LogP contribution in [-0.4, -0.2) is 12.6 Å². The van der Waals surface area contributed by atoms with Crippen molar-refractivity contribution in [1.29, 1.82) is 5.26 Å². The Morgan fingerprint density at radius 3 is 2.43 bits per heavy atom. The number of nitrogens with zero attached hydrogens (tertiary/aromatic N) is 1. The standard InChI is InChI=1S/C18H23NO2/c1-3-5-7-15-8-10-16(11-9-15)13-17(14-19)18(20)21-12-6-4-2/h8-11,13H,3-7,12H2,1-2H3/b17-13-. The summed E-state index contributed by atoms with van der Waals surface area (Å²) in [4.78, 5) is 11.7. The molecule has 112 valence electrons. The number of unbranched alkanes of at least 4 members (excludes halogenated alkanes) is 2. The van der Waals surface area contributed by atoms with E-state index in [9.17, 15) is 4.79 Å². The maximum atomic E-state index is 11.7. The van der Waals surface area contributed by atoms with Gasteiger partial charge in [0.15, 0.2) is 0 Å². The van der Waals surface area contributed by atoms with E-state index in [0.717, 1.165) is 24.8 Å². The molecule has 0 saturated carbocycles. The smallest absolute Gasteiger partial charge is 0.348 e. The Balaban J connectivity index is 2.69. The average Bonchev–Trinajstić information content (AvgIpc) is 2.51. The summed E-state index contributed by atoms with van der Waals surface area (Å²) in [6, 6.07) is 9.86. The van der Waals surface area contributed by atoms with Gasteiger partial charge >= 0.3 is 5.97 Å². The molecule has 0 radical (unpaired) electrons. The van der Waals surface area contributed by atoms with E-state index >= 15 is 0 Å². The van der Waals surface area contributed by atoms with Gasteiger partial charge in [0, 0.05) is 0 Å². The Hall–Kier alpha value is -2.08. The first-order valence-corrected chi connectivity index (χ1v) is 7.59. The lowest BCUT2D eigenvalue weighted by atomic mass is 10.1. The topological polar surface area (TPSA) is 50.1 Å². The zero-order chi connectivity index (χ0) is 15.5. The number of rotatable bonds is 8. The molecule has 0 N–H and O–H groups in total. The Bertz CT molecular complexity index is 509. The second-order valence-corrected chi connectivity index (χ2v) is 5.00. The van der Waals surface area contributed by atoms with Crippen LogP contribution in [0.1, 0.15) is 50.7 Å². The minimum atomic E-state index is -0.541. The lowest BCUT2D eigenvalue weighted by Gasteiger charge is -2.03. The zero-order valence-electron chi connectivity index (χ0n) is 12.9.